The second-order valence-electron chi connectivity index (χ2n) is 2.23. The SMILES string of the molecule is CCOP(OC)Oc1ccccc1. The van der Waals surface area contributed by atoms with Gasteiger partial charge in [0.05, 0.1) is 6.61 Å². The maximum atomic E-state index is 5.42. The molecule has 0 radical (unpaired) electrons. The van der Waals surface area contributed by atoms with Crippen LogP contribution in [0, 0.1) is 0 Å². The molecule has 0 N–H and O–H groups in total. The lowest BCUT2D eigenvalue weighted by Gasteiger charge is -2.13. The van der Waals surface area contributed by atoms with Crippen LogP contribution in [0.1, 0.15) is 6.92 Å². The quantitative estimate of drug-likeness (QED) is 0.684. The van der Waals surface area contributed by atoms with Crippen LogP contribution >= 0.6 is 8.60 Å². The zero-order chi connectivity index (χ0) is 9.52. The summed E-state index contributed by atoms with van der Waals surface area (Å²) in [6.07, 6.45) is 0. The minimum absolute atomic E-state index is 0.590. The molecule has 0 saturated carbocycles. The molecule has 0 amide bonds. The highest BCUT2D eigenvalue weighted by Gasteiger charge is 2.10. The van der Waals surface area contributed by atoms with Crippen molar-refractivity contribution < 1.29 is 13.6 Å². The van der Waals surface area contributed by atoms with Crippen molar-refractivity contribution in [3.8, 4) is 5.75 Å². The number of benzene rings is 1. The van der Waals surface area contributed by atoms with Gasteiger partial charge in [-0.15, -0.1) is 0 Å². The first-order chi connectivity index (χ1) is 6.36. The van der Waals surface area contributed by atoms with Crippen molar-refractivity contribution >= 4 is 8.60 Å². The molecule has 0 saturated heterocycles. The van der Waals surface area contributed by atoms with Crippen LogP contribution in [-0.2, 0) is 9.05 Å². The summed E-state index contributed by atoms with van der Waals surface area (Å²) in [7, 11) is 0.339. The predicted molar refractivity (Wildman–Crippen MR) is 52.6 cm³/mol. The van der Waals surface area contributed by atoms with Crippen LogP contribution < -0.4 is 4.52 Å². The standard InChI is InChI=1S/C9H13O3P/c1-3-11-13(10-2)12-9-7-5-4-6-8-9/h4-8H,3H2,1-2H3. The van der Waals surface area contributed by atoms with Gasteiger partial charge in [-0.25, -0.2) is 0 Å². The molecule has 72 valence electrons. The van der Waals surface area contributed by atoms with Gasteiger partial charge in [-0.05, 0) is 19.1 Å². The molecule has 1 unspecified atom stereocenters. The average molecular weight is 200 g/mol. The molecule has 1 aromatic carbocycles. The zero-order valence-corrected chi connectivity index (χ0v) is 8.66. The van der Waals surface area contributed by atoms with Gasteiger partial charge in [0, 0.05) is 7.11 Å². The fraction of sp³-hybridized carbons (Fsp3) is 0.333. The van der Waals surface area contributed by atoms with Gasteiger partial charge in [0.25, 0.3) is 0 Å². The van der Waals surface area contributed by atoms with Gasteiger partial charge in [-0.2, -0.15) is 0 Å². The second-order valence-corrected chi connectivity index (χ2v) is 3.48. The van der Waals surface area contributed by atoms with E-state index in [9.17, 15) is 0 Å². The molecule has 0 aliphatic carbocycles. The topological polar surface area (TPSA) is 27.7 Å². The van der Waals surface area contributed by atoms with Gasteiger partial charge >= 0.3 is 8.60 Å². The smallest absolute Gasteiger partial charge is 0.396 e. The van der Waals surface area contributed by atoms with Crippen LogP contribution in [0.5, 0.6) is 5.75 Å². The number of hydrogen-bond acceptors (Lipinski definition) is 3. The Morgan fingerprint density at radius 2 is 1.92 bits per heavy atom. The summed E-state index contributed by atoms with van der Waals surface area (Å²) in [4.78, 5) is 0. The van der Waals surface area contributed by atoms with E-state index in [1.165, 1.54) is 0 Å². The Morgan fingerprint density at radius 1 is 1.23 bits per heavy atom. The van der Waals surface area contributed by atoms with E-state index in [1.54, 1.807) is 7.11 Å². The second kappa shape index (κ2) is 5.92. The molecule has 0 aliphatic heterocycles. The van der Waals surface area contributed by atoms with Gasteiger partial charge in [0.2, 0.25) is 0 Å². The summed E-state index contributed by atoms with van der Waals surface area (Å²) in [6, 6.07) is 9.48. The minimum Gasteiger partial charge on any atom is -0.427 e. The maximum absolute atomic E-state index is 5.42. The van der Waals surface area contributed by atoms with Gasteiger partial charge in [-0.1, -0.05) is 18.2 Å². The highest BCUT2D eigenvalue weighted by molar-refractivity contribution is 7.42. The normalized spacial score (nSPS) is 12.5. The van der Waals surface area contributed by atoms with E-state index in [0.717, 1.165) is 5.75 Å². The molecular weight excluding hydrogens is 187 g/mol. The van der Waals surface area contributed by atoms with Crippen molar-refractivity contribution in [1.82, 2.24) is 0 Å². The van der Waals surface area contributed by atoms with E-state index in [2.05, 4.69) is 0 Å². The average Bonchev–Trinajstić information content (AvgIpc) is 2.19. The van der Waals surface area contributed by atoms with E-state index in [4.69, 9.17) is 13.6 Å². The van der Waals surface area contributed by atoms with Gasteiger partial charge in [-0.3, -0.25) is 0 Å². The molecule has 3 nitrogen and oxygen atoms in total. The molecule has 1 aromatic rings. The highest BCUT2D eigenvalue weighted by Crippen LogP contribution is 2.39. The first-order valence-electron chi connectivity index (χ1n) is 4.07. The summed E-state index contributed by atoms with van der Waals surface area (Å²) >= 11 is 0. The van der Waals surface area contributed by atoms with Crippen molar-refractivity contribution in [3.05, 3.63) is 30.3 Å². The Balaban J connectivity index is 2.46. The monoisotopic (exact) mass is 200 g/mol. The van der Waals surface area contributed by atoms with E-state index in [-0.39, 0.29) is 0 Å². The van der Waals surface area contributed by atoms with E-state index in [1.807, 2.05) is 37.3 Å². The van der Waals surface area contributed by atoms with Gasteiger partial charge in [0.15, 0.2) is 0 Å². The largest absolute Gasteiger partial charge is 0.427 e. The lowest BCUT2D eigenvalue weighted by Crippen LogP contribution is -1.94. The van der Waals surface area contributed by atoms with Crippen LogP contribution in [0.3, 0.4) is 0 Å². The number of para-hydroxylation sites is 1. The third-order valence-electron chi connectivity index (χ3n) is 1.31. The number of rotatable bonds is 5. The molecule has 4 heteroatoms. The maximum Gasteiger partial charge on any atom is 0.396 e. The van der Waals surface area contributed by atoms with Crippen LogP contribution in [0.2, 0.25) is 0 Å². The van der Waals surface area contributed by atoms with Gasteiger partial charge in [0.1, 0.15) is 5.75 Å². The van der Waals surface area contributed by atoms with Gasteiger partial charge < -0.3 is 13.6 Å². The van der Waals surface area contributed by atoms with Crippen molar-refractivity contribution in [1.29, 1.82) is 0 Å². The summed E-state index contributed by atoms with van der Waals surface area (Å²) in [5, 5.41) is 0. The van der Waals surface area contributed by atoms with Crippen molar-refractivity contribution in [2.75, 3.05) is 13.7 Å². The molecule has 0 heterocycles. The molecule has 0 bridgehead atoms. The summed E-state index contributed by atoms with van der Waals surface area (Å²) in [5.41, 5.74) is 0. The van der Waals surface area contributed by atoms with Crippen molar-refractivity contribution in [2.24, 2.45) is 0 Å². The lowest BCUT2D eigenvalue weighted by molar-refractivity contribution is 0.245. The fourth-order valence-corrected chi connectivity index (χ4v) is 1.53. The Morgan fingerprint density at radius 3 is 2.46 bits per heavy atom. The van der Waals surface area contributed by atoms with Crippen LogP contribution in [-0.4, -0.2) is 13.7 Å². The lowest BCUT2D eigenvalue weighted by atomic mass is 10.3. The third kappa shape index (κ3) is 3.73. The van der Waals surface area contributed by atoms with Crippen LogP contribution in [0.25, 0.3) is 0 Å². The molecule has 0 aliphatic rings. The molecule has 13 heavy (non-hydrogen) atoms. The van der Waals surface area contributed by atoms with E-state index in [0.29, 0.717) is 6.61 Å². The minimum atomic E-state index is -1.23. The molecule has 0 spiro atoms. The van der Waals surface area contributed by atoms with E-state index < -0.39 is 8.60 Å². The Hall–Kier alpha value is -0.630. The molecule has 0 aromatic heterocycles. The number of hydrogen-bond donors (Lipinski definition) is 0. The molecular formula is C9H13O3P. The first kappa shape index (κ1) is 10.5. The Bertz CT molecular complexity index is 228. The Kier molecular flexibility index (Phi) is 4.76. The zero-order valence-electron chi connectivity index (χ0n) is 7.77. The highest BCUT2D eigenvalue weighted by atomic mass is 31.2. The molecule has 1 atom stereocenters. The summed E-state index contributed by atoms with van der Waals surface area (Å²) in [6.45, 7) is 2.50. The van der Waals surface area contributed by atoms with Crippen molar-refractivity contribution in [2.45, 2.75) is 6.92 Å². The first-order valence-corrected chi connectivity index (χ1v) is 5.16. The van der Waals surface area contributed by atoms with Crippen LogP contribution in [0.4, 0.5) is 0 Å². The third-order valence-corrected chi connectivity index (χ3v) is 2.43. The fourth-order valence-electron chi connectivity index (χ4n) is 0.789. The summed E-state index contributed by atoms with van der Waals surface area (Å²) in [5.74, 6) is 0.768. The van der Waals surface area contributed by atoms with E-state index >= 15 is 0 Å². The predicted octanol–water partition coefficient (Wildman–Crippen LogP) is 2.98. The molecule has 1 rings (SSSR count). The Labute approximate surface area is 79.6 Å². The molecule has 0 fully saturated rings. The van der Waals surface area contributed by atoms with Crippen LogP contribution in [0.15, 0.2) is 30.3 Å². The summed E-state index contributed by atoms with van der Waals surface area (Å²) < 4.78 is 15.7. The van der Waals surface area contributed by atoms with Crippen molar-refractivity contribution in [3.63, 3.8) is 0 Å².